The summed E-state index contributed by atoms with van der Waals surface area (Å²) in [4.78, 5) is 24.4. The van der Waals surface area contributed by atoms with Crippen molar-refractivity contribution in [2.45, 2.75) is 62.2 Å². The molecule has 1 amide bonds. The minimum atomic E-state index is -0.301. The number of hydrogen-bond acceptors (Lipinski definition) is 4. The first-order valence-corrected chi connectivity index (χ1v) is 10.3. The molecule has 5 nitrogen and oxygen atoms in total. The van der Waals surface area contributed by atoms with Crippen LogP contribution in [0.5, 0.6) is 0 Å². The van der Waals surface area contributed by atoms with Crippen LogP contribution < -0.4 is 5.32 Å². The number of hydrogen-bond donors (Lipinski definition) is 1. The van der Waals surface area contributed by atoms with Gasteiger partial charge in [-0.05, 0) is 74.8 Å². The summed E-state index contributed by atoms with van der Waals surface area (Å²) in [5.41, 5.74) is 0.0720. The van der Waals surface area contributed by atoms with Gasteiger partial charge in [-0.1, -0.05) is 15.9 Å². The molecular weight excluding hydrogens is 398 g/mol. The Bertz CT molecular complexity index is 672. The molecule has 0 aliphatic heterocycles. The zero-order chi connectivity index (χ0) is 18.4. The van der Waals surface area contributed by atoms with E-state index in [9.17, 15) is 9.59 Å². The zero-order valence-corrected chi connectivity index (χ0v) is 16.7. The molecule has 4 aliphatic rings. The van der Waals surface area contributed by atoms with Gasteiger partial charge in [-0.3, -0.25) is 9.59 Å². The van der Waals surface area contributed by atoms with E-state index < -0.39 is 0 Å². The van der Waals surface area contributed by atoms with Crippen LogP contribution in [0.25, 0.3) is 0 Å². The predicted molar refractivity (Wildman–Crippen MR) is 99.6 cm³/mol. The lowest BCUT2D eigenvalue weighted by molar-refractivity contribution is -0.154. The highest BCUT2D eigenvalue weighted by Gasteiger charge is 2.57. The van der Waals surface area contributed by atoms with E-state index in [1.54, 1.807) is 18.4 Å². The largest absolute Gasteiger partial charge is 0.467 e. The Kier molecular flexibility index (Phi) is 4.66. The third-order valence-corrected chi connectivity index (χ3v) is 7.27. The Morgan fingerprint density at radius 1 is 1.35 bits per heavy atom. The molecule has 26 heavy (non-hydrogen) atoms. The molecule has 5 rings (SSSR count). The smallest absolute Gasteiger partial charge is 0.306 e. The Morgan fingerprint density at radius 2 is 2.08 bits per heavy atom. The highest BCUT2D eigenvalue weighted by Crippen LogP contribution is 2.65. The molecule has 1 N–H and O–H groups in total. The van der Waals surface area contributed by atoms with Crippen LogP contribution in [0.15, 0.2) is 22.8 Å². The molecule has 5 atom stereocenters. The second-order valence-corrected chi connectivity index (χ2v) is 10.4. The van der Waals surface area contributed by atoms with Crippen molar-refractivity contribution in [3.8, 4) is 0 Å². The monoisotopic (exact) mass is 423 g/mol. The molecule has 0 saturated heterocycles. The number of rotatable bonds is 6. The fourth-order valence-corrected chi connectivity index (χ4v) is 7.45. The van der Waals surface area contributed by atoms with E-state index in [1.165, 1.54) is 19.3 Å². The van der Waals surface area contributed by atoms with Gasteiger partial charge in [0.05, 0.1) is 18.7 Å². The second-order valence-electron chi connectivity index (χ2n) is 8.75. The molecule has 4 bridgehead atoms. The number of carbonyl (C=O) groups excluding carboxylic acids is 2. The lowest BCUT2D eigenvalue weighted by atomic mass is 9.49. The number of alkyl halides is 1. The second kappa shape index (κ2) is 6.70. The van der Waals surface area contributed by atoms with Crippen LogP contribution in [0.1, 0.15) is 63.7 Å². The summed E-state index contributed by atoms with van der Waals surface area (Å²) in [7, 11) is 0. The van der Waals surface area contributed by atoms with Gasteiger partial charge in [0.15, 0.2) is 6.61 Å². The molecule has 0 spiro atoms. The van der Waals surface area contributed by atoms with Gasteiger partial charge in [-0.2, -0.15) is 0 Å². The van der Waals surface area contributed by atoms with Gasteiger partial charge in [0.2, 0.25) is 0 Å². The summed E-state index contributed by atoms with van der Waals surface area (Å²) in [6.07, 6.45) is 9.14. The fraction of sp³-hybridized carbons (Fsp3) is 0.700. The van der Waals surface area contributed by atoms with Crippen LogP contribution in [-0.4, -0.2) is 22.8 Å². The molecule has 6 heteroatoms. The molecule has 4 fully saturated rings. The Hall–Kier alpha value is -1.30. The van der Waals surface area contributed by atoms with Gasteiger partial charge in [0.1, 0.15) is 5.76 Å². The number of halogens is 1. The predicted octanol–water partition coefficient (Wildman–Crippen LogP) is 4.12. The first kappa shape index (κ1) is 18.1. The highest BCUT2D eigenvalue weighted by atomic mass is 79.9. The number of amides is 1. The molecule has 4 saturated carbocycles. The summed E-state index contributed by atoms with van der Waals surface area (Å²) < 4.78 is 10.8. The van der Waals surface area contributed by atoms with Crippen LogP contribution >= 0.6 is 15.9 Å². The van der Waals surface area contributed by atoms with Gasteiger partial charge < -0.3 is 14.5 Å². The van der Waals surface area contributed by atoms with Crippen LogP contribution in [-0.2, 0) is 14.3 Å². The minimum Gasteiger partial charge on any atom is -0.467 e. The number of nitrogens with one attached hydrogen (secondary N) is 1. The molecule has 4 aliphatic carbocycles. The average molecular weight is 424 g/mol. The molecule has 0 radical (unpaired) electrons. The maximum Gasteiger partial charge on any atom is 0.306 e. The summed E-state index contributed by atoms with van der Waals surface area (Å²) in [6, 6.07) is 3.34. The standard InChI is InChI=1S/C20H26BrNO4/c1-13(16-3-2-4-25-16)22-17(23)11-26-18(24)10-19-6-14-5-15(7-19)9-20(21,8-14)12-19/h2-4,13-15H,5-12H2,1H3,(H,22,23)/t13-,14-,15+,19?,20?/m0/s1. The van der Waals surface area contributed by atoms with Gasteiger partial charge in [0.25, 0.3) is 5.91 Å². The number of ether oxygens (including phenoxy) is 1. The average Bonchev–Trinajstić information content (AvgIpc) is 3.04. The highest BCUT2D eigenvalue weighted by molar-refractivity contribution is 9.10. The van der Waals surface area contributed by atoms with Crippen LogP contribution in [0, 0.1) is 17.3 Å². The summed E-state index contributed by atoms with van der Waals surface area (Å²) in [5, 5.41) is 2.79. The molecule has 1 aromatic rings. The van der Waals surface area contributed by atoms with Gasteiger partial charge >= 0.3 is 5.97 Å². The maximum absolute atomic E-state index is 12.4. The minimum absolute atomic E-state index is 0.0720. The van der Waals surface area contributed by atoms with E-state index in [0.717, 1.165) is 31.1 Å². The Labute approximate surface area is 162 Å². The topological polar surface area (TPSA) is 68.5 Å². The van der Waals surface area contributed by atoms with Crippen molar-refractivity contribution in [3.05, 3.63) is 24.2 Å². The van der Waals surface area contributed by atoms with Crippen molar-refractivity contribution in [2.75, 3.05) is 6.61 Å². The lowest BCUT2D eigenvalue weighted by Crippen LogP contribution is -2.53. The summed E-state index contributed by atoms with van der Waals surface area (Å²) >= 11 is 3.97. The number of furan rings is 1. The first-order chi connectivity index (χ1) is 12.3. The molecule has 0 aromatic carbocycles. The van der Waals surface area contributed by atoms with Gasteiger partial charge in [-0.25, -0.2) is 0 Å². The Morgan fingerprint density at radius 3 is 2.69 bits per heavy atom. The Balaban J connectivity index is 1.27. The van der Waals surface area contributed by atoms with Crippen molar-refractivity contribution >= 4 is 27.8 Å². The lowest BCUT2D eigenvalue weighted by Gasteiger charge is -2.60. The van der Waals surface area contributed by atoms with Crippen molar-refractivity contribution in [1.82, 2.24) is 5.32 Å². The van der Waals surface area contributed by atoms with Crippen LogP contribution in [0.4, 0.5) is 0 Å². The van der Waals surface area contributed by atoms with E-state index in [0.29, 0.717) is 12.2 Å². The van der Waals surface area contributed by atoms with Crippen molar-refractivity contribution in [2.24, 2.45) is 17.3 Å². The quantitative estimate of drug-likeness (QED) is 0.551. The van der Waals surface area contributed by atoms with Crippen molar-refractivity contribution < 1.29 is 18.7 Å². The fourth-order valence-electron chi connectivity index (χ4n) is 5.94. The van der Waals surface area contributed by atoms with E-state index in [1.807, 2.05) is 6.92 Å². The summed E-state index contributed by atoms with van der Waals surface area (Å²) in [6.45, 7) is 1.61. The van der Waals surface area contributed by atoms with Gasteiger partial charge in [0, 0.05) is 4.32 Å². The van der Waals surface area contributed by atoms with Crippen molar-refractivity contribution in [1.29, 1.82) is 0 Å². The SMILES string of the molecule is C[C@H](NC(=O)COC(=O)CC12C[C@@H]3C[C@@H](CC(Br)(C3)C1)C2)c1ccco1. The first-order valence-electron chi connectivity index (χ1n) is 9.52. The molecule has 1 heterocycles. The molecular formula is C20H26BrNO4. The van der Waals surface area contributed by atoms with E-state index in [2.05, 4.69) is 21.2 Å². The van der Waals surface area contributed by atoms with E-state index >= 15 is 0 Å². The molecule has 142 valence electrons. The van der Waals surface area contributed by atoms with Crippen LogP contribution in [0.2, 0.25) is 0 Å². The zero-order valence-electron chi connectivity index (χ0n) is 15.1. The van der Waals surface area contributed by atoms with Gasteiger partial charge in [-0.15, -0.1) is 0 Å². The number of carbonyl (C=O) groups is 2. The van der Waals surface area contributed by atoms with Crippen molar-refractivity contribution in [3.63, 3.8) is 0 Å². The maximum atomic E-state index is 12.4. The van der Waals surface area contributed by atoms with E-state index in [-0.39, 0.29) is 34.3 Å². The number of esters is 1. The molecule has 1 aromatic heterocycles. The third-order valence-electron chi connectivity index (χ3n) is 6.34. The van der Waals surface area contributed by atoms with Crippen LogP contribution in [0.3, 0.4) is 0 Å². The third kappa shape index (κ3) is 3.71. The van der Waals surface area contributed by atoms with E-state index in [4.69, 9.17) is 9.15 Å². The molecule has 2 unspecified atom stereocenters. The summed E-state index contributed by atoms with van der Waals surface area (Å²) in [5.74, 6) is 1.61. The normalized spacial score (nSPS) is 35.9.